The standard InChI is InChI=1S/C15H17N3O/c1-10-7-11-12(8-15(2,3)9-13(11)19)18(10)14-16-5-4-6-17-14/h4-7H,8-9H2,1-3H3. The number of ketones is 1. The van der Waals surface area contributed by atoms with Crippen molar-refractivity contribution in [2.24, 2.45) is 5.41 Å². The molecule has 0 amide bonds. The SMILES string of the molecule is Cc1cc2c(n1-c1ncccn1)CC(C)(C)CC2=O. The fourth-order valence-electron chi connectivity index (χ4n) is 2.84. The number of aromatic nitrogens is 3. The van der Waals surface area contributed by atoms with E-state index >= 15 is 0 Å². The number of carbonyl (C=O) groups excluding carboxylic acids is 1. The van der Waals surface area contributed by atoms with E-state index in [1.165, 1.54) is 0 Å². The molecule has 0 atom stereocenters. The zero-order chi connectivity index (χ0) is 13.6. The normalized spacial score (nSPS) is 17.3. The molecule has 2 aromatic heterocycles. The summed E-state index contributed by atoms with van der Waals surface area (Å²) >= 11 is 0. The molecule has 0 aliphatic heterocycles. The zero-order valence-corrected chi connectivity index (χ0v) is 11.5. The van der Waals surface area contributed by atoms with Gasteiger partial charge in [-0.2, -0.15) is 0 Å². The number of Topliss-reactive ketones (excluding diaryl/α,β-unsaturated/α-hetero) is 1. The molecule has 3 rings (SSSR count). The van der Waals surface area contributed by atoms with Crippen LogP contribution in [0.2, 0.25) is 0 Å². The Bertz CT molecular complexity index is 641. The lowest BCUT2D eigenvalue weighted by molar-refractivity contribution is 0.0911. The molecule has 0 aromatic carbocycles. The van der Waals surface area contributed by atoms with Gasteiger partial charge >= 0.3 is 0 Å². The molecule has 0 bridgehead atoms. The first-order chi connectivity index (χ1) is 8.98. The van der Waals surface area contributed by atoms with Crippen LogP contribution in [-0.4, -0.2) is 20.3 Å². The smallest absolute Gasteiger partial charge is 0.234 e. The summed E-state index contributed by atoms with van der Waals surface area (Å²) in [6, 6.07) is 3.76. The van der Waals surface area contributed by atoms with Crippen molar-refractivity contribution >= 4 is 5.78 Å². The Labute approximate surface area is 112 Å². The van der Waals surface area contributed by atoms with Crippen molar-refractivity contribution in [3.8, 4) is 5.95 Å². The van der Waals surface area contributed by atoms with Crippen LogP contribution in [0.25, 0.3) is 5.95 Å². The van der Waals surface area contributed by atoms with Crippen LogP contribution >= 0.6 is 0 Å². The van der Waals surface area contributed by atoms with Crippen LogP contribution in [0.3, 0.4) is 0 Å². The van der Waals surface area contributed by atoms with Gasteiger partial charge in [0, 0.05) is 35.8 Å². The molecule has 0 spiro atoms. The number of hydrogen-bond donors (Lipinski definition) is 0. The minimum Gasteiger partial charge on any atom is -0.294 e. The Kier molecular flexibility index (Phi) is 2.55. The molecular weight excluding hydrogens is 238 g/mol. The van der Waals surface area contributed by atoms with Crippen molar-refractivity contribution in [1.82, 2.24) is 14.5 Å². The number of rotatable bonds is 1. The Morgan fingerprint density at radius 2 is 1.89 bits per heavy atom. The van der Waals surface area contributed by atoms with Gasteiger partial charge in [0.1, 0.15) is 0 Å². The summed E-state index contributed by atoms with van der Waals surface area (Å²) in [7, 11) is 0. The van der Waals surface area contributed by atoms with Crippen molar-refractivity contribution in [3.05, 3.63) is 41.5 Å². The lowest BCUT2D eigenvalue weighted by Crippen LogP contribution is -2.28. The highest BCUT2D eigenvalue weighted by molar-refractivity contribution is 5.99. The minimum absolute atomic E-state index is 0.00140. The molecule has 2 heterocycles. The molecule has 19 heavy (non-hydrogen) atoms. The molecule has 0 N–H and O–H groups in total. The third kappa shape index (κ3) is 1.97. The van der Waals surface area contributed by atoms with Gasteiger partial charge in [0.25, 0.3) is 0 Å². The first kappa shape index (κ1) is 12.1. The number of carbonyl (C=O) groups is 1. The molecular formula is C15H17N3O. The summed E-state index contributed by atoms with van der Waals surface area (Å²) in [6.07, 6.45) is 4.94. The summed E-state index contributed by atoms with van der Waals surface area (Å²) in [6.45, 7) is 6.26. The van der Waals surface area contributed by atoms with Crippen LogP contribution in [-0.2, 0) is 6.42 Å². The summed E-state index contributed by atoms with van der Waals surface area (Å²) in [5.74, 6) is 0.871. The summed E-state index contributed by atoms with van der Waals surface area (Å²) in [5, 5.41) is 0. The van der Waals surface area contributed by atoms with Gasteiger partial charge in [-0.15, -0.1) is 0 Å². The molecule has 98 valence electrons. The maximum Gasteiger partial charge on any atom is 0.234 e. The Morgan fingerprint density at radius 3 is 2.58 bits per heavy atom. The first-order valence-corrected chi connectivity index (χ1v) is 6.50. The van der Waals surface area contributed by atoms with Gasteiger partial charge in [-0.3, -0.25) is 9.36 Å². The third-order valence-electron chi connectivity index (χ3n) is 3.62. The molecule has 4 heteroatoms. The van der Waals surface area contributed by atoms with Gasteiger partial charge in [-0.05, 0) is 30.9 Å². The second kappa shape index (κ2) is 4.02. The highest BCUT2D eigenvalue weighted by Crippen LogP contribution is 2.36. The van der Waals surface area contributed by atoms with Gasteiger partial charge in [-0.25, -0.2) is 9.97 Å². The number of hydrogen-bond acceptors (Lipinski definition) is 3. The maximum atomic E-state index is 12.2. The predicted octanol–water partition coefficient (Wildman–Crippen LogP) is 2.73. The van der Waals surface area contributed by atoms with Gasteiger partial charge in [0.2, 0.25) is 5.95 Å². The second-order valence-electron chi connectivity index (χ2n) is 5.97. The Morgan fingerprint density at radius 1 is 1.21 bits per heavy atom. The van der Waals surface area contributed by atoms with E-state index in [0.717, 1.165) is 23.4 Å². The highest BCUT2D eigenvalue weighted by atomic mass is 16.1. The maximum absolute atomic E-state index is 12.2. The van der Waals surface area contributed by atoms with Crippen LogP contribution in [0.15, 0.2) is 24.5 Å². The van der Waals surface area contributed by atoms with E-state index in [9.17, 15) is 4.79 Å². The van der Waals surface area contributed by atoms with Crippen LogP contribution in [0.5, 0.6) is 0 Å². The Balaban J connectivity index is 2.21. The lowest BCUT2D eigenvalue weighted by atomic mass is 9.76. The molecule has 0 saturated carbocycles. The van der Waals surface area contributed by atoms with Crippen LogP contribution in [0, 0.1) is 12.3 Å². The van der Waals surface area contributed by atoms with Gasteiger partial charge in [0.05, 0.1) is 0 Å². The zero-order valence-electron chi connectivity index (χ0n) is 11.5. The number of nitrogens with zero attached hydrogens (tertiary/aromatic N) is 3. The summed E-state index contributed by atoms with van der Waals surface area (Å²) in [4.78, 5) is 20.9. The summed E-state index contributed by atoms with van der Waals surface area (Å²) < 4.78 is 2.01. The molecule has 0 saturated heterocycles. The van der Waals surface area contributed by atoms with E-state index in [1.807, 2.05) is 17.6 Å². The number of aryl methyl sites for hydroxylation is 1. The molecule has 1 aliphatic rings. The van der Waals surface area contributed by atoms with E-state index in [-0.39, 0.29) is 11.2 Å². The third-order valence-corrected chi connectivity index (χ3v) is 3.62. The monoisotopic (exact) mass is 255 g/mol. The fraction of sp³-hybridized carbons (Fsp3) is 0.400. The molecule has 4 nitrogen and oxygen atoms in total. The molecule has 1 aliphatic carbocycles. The van der Waals surface area contributed by atoms with Gasteiger partial charge < -0.3 is 0 Å². The van der Waals surface area contributed by atoms with E-state index in [4.69, 9.17) is 0 Å². The highest BCUT2D eigenvalue weighted by Gasteiger charge is 2.34. The number of fused-ring (bicyclic) bond motifs is 1. The lowest BCUT2D eigenvalue weighted by Gasteiger charge is -2.29. The molecule has 0 unspecified atom stereocenters. The topological polar surface area (TPSA) is 47.8 Å². The average Bonchev–Trinajstić information content (AvgIpc) is 2.65. The molecule has 2 aromatic rings. The first-order valence-electron chi connectivity index (χ1n) is 6.50. The largest absolute Gasteiger partial charge is 0.294 e. The minimum atomic E-state index is 0.00140. The van der Waals surface area contributed by atoms with Crippen LogP contribution in [0.4, 0.5) is 0 Å². The van der Waals surface area contributed by atoms with Gasteiger partial charge in [-0.1, -0.05) is 13.8 Å². The molecule has 0 radical (unpaired) electrons. The van der Waals surface area contributed by atoms with Crippen molar-refractivity contribution in [2.75, 3.05) is 0 Å². The average molecular weight is 255 g/mol. The van der Waals surface area contributed by atoms with Crippen molar-refractivity contribution < 1.29 is 4.79 Å². The quantitative estimate of drug-likeness (QED) is 0.787. The van der Waals surface area contributed by atoms with E-state index in [0.29, 0.717) is 12.4 Å². The van der Waals surface area contributed by atoms with E-state index in [2.05, 4.69) is 23.8 Å². The molecule has 0 fully saturated rings. The van der Waals surface area contributed by atoms with Crippen molar-refractivity contribution in [1.29, 1.82) is 0 Å². The van der Waals surface area contributed by atoms with Crippen LogP contribution in [0.1, 0.15) is 42.0 Å². The fourth-order valence-corrected chi connectivity index (χ4v) is 2.84. The second-order valence-corrected chi connectivity index (χ2v) is 5.97. The van der Waals surface area contributed by atoms with E-state index < -0.39 is 0 Å². The predicted molar refractivity (Wildman–Crippen MR) is 72.5 cm³/mol. The van der Waals surface area contributed by atoms with Crippen LogP contribution < -0.4 is 0 Å². The van der Waals surface area contributed by atoms with E-state index in [1.54, 1.807) is 18.5 Å². The van der Waals surface area contributed by atoms with Crippen molar-refractivity contribution in [3.63, 3.8) is 0 Å². The van der Waals surface area contributed by atoms with Gasteiger partial charge in [0.15, 0.2) is 5.78 Å². The Hall–Kier alpha value is -1.97. The van der Waals surface area contributed by atoms with Crippen molar-refractivity contribution in [2.45, 2.75) is 33.6 Å². The summed E-state index contributed by atoms with van der Waals surface area (Å²) in [5.41, 5.74) is 2.90.